The van der Waals surface area contributed by atoms with Gasteiger partial charge >= 0.3 is 0 Å². The maximum atomic E-state index is 12.1. The van der Waals surface area contributed by atoms with Crippen LogP contribution in [0.5, 0.6) is 0 Å². The van der Waals surface area contributed by atoms with Gasteiger partial charge in [-0.25, -0.2) is 0 Å². The lowest BCUT2D eigenvalue weighted by Crippen LogP contribution is -2.54. The molecule has 6 heteroatoms. The van der Waals surface area contributed by atoms with E-state index in [1.165, 1.54) is 0 Å². The van der Waals surface area contributed by atoms with Crippen LogP contribution in [0, 0.1) is 5.41 Å². The van der Waals surface area contributed by atoms with Crippen LogP contribution in [0.4, 0.5) is 0 Å². The minimum Gasteiger partial charge on any atom is -0.383 e. The van der Waals surface area contributed by atoms with Crippen molar-refractivity contribution in [2.24, 2.45) is 5.41 Å². The summed E-state index contributed by atoms with van der Waals surface area (Å²) in [6, 6.07) is 0. The van der Waals surface area contributed by atoms with Crippen LogP contribution in [0.25, 0.3) is 0 Å². The summed E-state index contributed by atoms with van der Waals surface area (Å²) in [4.78, 5) is 27.8. The molecule has 0 bridgehead atoms. The van der Waals surface area contributed by atoms with Crippen LogP contribution in [0.15, 0.2) is 0 Å². The number of carbonyl (C=O) groups is 2. The standard InChI is InChI=1S/C14H27N3O3/c1-14(2,3)13(19)17-8-6-16(7-9-17)12(18)11-15-5-10-20-4/h15H,5-11H2,1-4H3. The molecular weight excluding hydrogens is 258 g/mol. The topological polar surface area (TPSA) is 61.9 Å². The molecule has 20 heavy (non-hydrogen) atoms. The van der Waals surface area contributed by atoms with Crippen molar-refractivity contribution < 1.29 is 14.3 Å². The van der Waals surface area contributed by atoms with Crippen LogP contribution in [-0.4, -0.2) is 74.6 Å². The van der Waals surface area contributed by atoms with E-state index in [-0.39, 0.29) is 17.2 Å². The molecule has 1 aliphatic heterocycles. The molecule has 1 heterocycles. The highest BCUT2D eigenvalue weighted by molar-refractivity contribution is 5.82. The molecule has 0 aromatic rings. The maximum absolute atomic E-state index is 12.1. The van der Waals surface area contributed by atoms with Gasteiger partial charge < -0.3 is 19.9 Å². The van der Waals surface area contributed by atoms with E-state index in [2.05, 4.69) is 5.32 Å². The van der Waals surface area contributed by atoms with Crippen molar-refractivity contribution >= 4 is 11.8 Å². The van der Waals surface area contributed by atoms with E-state index in [1.54, 1.807) is 7.11 Å². The third-order valence-corrected chi connectivity index (χ3v) is 3.32. The van der Waals surface area contributed by atoms with Gasteiger partial charge in [0.15, 0.2) is 0 Å². The smallest absolute Gasteiger partial charge is 0.236 e. The first-order valence-corrected chi connectivity index (χ1v) is 7.13. The van der Waals surface area contributed by atoms with Gasteiger partial charge in [0.25, 0.3) is 0 Å². The van der Waals surface area contributed by atoms with Gasteiger partial charge in [-0.15, -0.1) is 0 Å². The molecule has 0 aromatic heterocycles. The average molecular weight is 285 g/mol. The summed E-state index contributed by atoms with van der Waals surface area (Å²) in [7, 11) is 1.63. The Hall–Kier alpha value is -1.14. The summed E-state index contributed by atoms with van der Waals surface area (Å²) in [5.74, 6) is 0.242. The summed E-state index contributed by atoms with van der Waals surface area (Å²) < 4.78 is 4.91. The molecule has 0 aromatic carbocycles. The van der Waals surface area contributed by atoms with Crippen molar-refractivity contribution in [1.29, 1.82) is 0 Å². The molecule has 0 unspecified atom stereocenters. The molecule has 0 radical (unpaired) electrons. The normalized spacial score (nSPS) is 16.4. The highest BCUT2D eigenvalue weighted by Gasteiger charge is 2.30. The number of piperazine rings is 1. The molecule has 116 valence electrons. The number of methoxy groups -OCH3 is 1. The van der Waals surface area contributed by atoms with E-state index in [4.69, 9.17) is 4.74 Å². The van der Waals surface area contributed by atoms with Gasteiger partial charge in [-0.05, 0) is 0 Å². The number of amides is 2. The van der Waals surface area contributed by atoms with Crippen molar-refractivity contribution in [2.75, 3.05) is 53.0 Å². The molecule has 1 N–H and O–H groups in total. The highest BCUT2D eigenvalue weighted by Crippen LogP contribution is 2.18. The van der Waals surface area contributed by atoms with Gasteiger partial charge in [-0.1, -0.05) is 20.8 Å². The number of hydrogen-bond acceptors (Lipinski definition) is 4. The van der Waals surface area contributed by atoms with Gasteiger partial charge in [-0.2, -0.15) is 0 Å². The van der Waals surface area contributed by atoms with Gasteiger partial charge in [0.2, 0.25) is 11.8 Å². The quantitative estimate of drug-likeness (QED) is 0.719. The first-order valence-electron chi connectivity index (χ1n) is 7.13. The minimum atomic E-state index is -0.353. The number of hydrogen-bond donors (Lipinski definition) is 1. The maximum Gasteiger partial charge on any atom is 0.236 e. The van der Waals surface area contributed by atoms with E-state index in [0.717, 1.165) is 0 Å². The first kappa shape index (κ1) is 16.9. The zero-order valence-electron chi connectivity index (χ0n) is 13.1. The molecule has 0 atom stereocenters. The molecule has 0 spiro atoms. The lowest BCUT2D eigenvalue weighted by molar-refractivity contribution is -0.144. The molecule has 0 saturated carbocycles. The average Bonchev–Trinajstić information content (AvgIpc) is 2.41. The second-order valence-corrected chi connectivity index (χ2v) is 6.09. The van der Waals surface area contributed by atoms with Gasteiger partial charge in [0, 0.05) is 45.2 Å². The second kappa shape index (κ2) is 7.59. The third kappa shape index (κ3) is 5.09. The van der Waals surface area contributed by atoms with E-state index in [1.807, 2.05) is 30.6 Å². The fourth-order valence-corrected chi connectivity index (χ4v) is 2.11. The summed E-state index contributed by atoms with van der Waals surface area (Å²) in [5.41, 5.74) is -0.353. The molecule has 1 aliphatic rings. The summed E-state index contributed by atoms with van der Waals surface area (Å²) in [5, 5.41) is 3.04. The summed E-state index contributed by atoms with van der Waals surface area (Å²) >= 11 is 0. The summed E-state index contributed by atoms with van der Waals surface area (Å²) in [6.07, 6.45) is 0. The Labute approximate surface area is 121 Å². The third-order valence-electron chi connectivity index (χ3n) is 3.32. The minimum absolute atomic E-state index is 0.0870. The van der Waals surface area contributed by atoms with Gasteiger partial charge in [0.05, 0.1) is 13.2 Å². The van der Waals surface area contributed by atoms with Crippen LogP contribution < -0.4 is 5.32 Å². The van der Waals surface area contributed by atoms with E-state index < -0.39 is 0 Å². The number of nitrogens with one attached hydrogen (secondary N) is 1. The zero-order valence-corrected chi connectivity index (χ0v) is 13.1. The molecule has 6 nitrogen and oxygen atoms in total. The van der Waals surface area contributed by atoms with Crippen LogP contribution >= 0.6 is 0 Å². The molecule has 2 amide bonds. The van der Waals surface area contributed by atoms with Crippen LogP contribution in [0.3, 0.4) is 0 Å². The van der Waals surface area contributed by atoms with Crippen LogP contribution in [0.2, 0.25) is 0 Å². The lowest BCUT2D eigenvalue weighted by Gasteiger charge is -2.37. The second-order valence-electron chi connectivity index (χ2n) is 6.09. The molecule has 0 aliphatic carbocycles. The van der Waals surface area contributed by atoms with Crippen LogP contribution in [0.1, 0.15) is 20.8 Å². The predicted octanol–water partition coefficient (Wildman–Crippen LogP) is -0.0607. The predicted molar refractivity (Wildman–Crippen MR) is 77.4 cm³/mol. The Bertz CT molecular complexity index is 331. The Kier molecular flexibility index (Phi) is 6.42. The Morgan fingerprint density at radius 2 is 1.65 bits per heavy atom. The first-order chi connectivity index (χ1) is 9.36. The number of rotatable bonds is 5. The number of carbonyl (C=O) groups excluding carboxylic acids is 2. The molecular formula is C14H27N3O3. The Morgan fingerprint density at radius 3 is 2.15 bits per heavy atom. The Morgan fingerprint density at radius 1 is 1.10 bits per heavy atom. The highest BCUT2D eigenvalue weighted by atomic mass is 16.5. The van der Waals surface area contributed by atoms with Crippen molar-refractivity contribution in [3.63, 3.8) is 0 Å². The lowest BCUT2D eigenvalue weighted by atomic mass is 9.94. The van der Waals surface area contributed by atoms with E-state index >= 15 is 0 Å². The SMILES string of the molecule is COCCNCC(=O)N1CCN(C(=O)C(C)(C)C)CC1. The van der Waals surface area contributed by atoms with Gasteiger partial charge in [0.1, 0.15) is 0 Å². The number of ether oxygens (including phenoxy) is 1. The molecule has 1 rings (SSSR count). The van der Waals surface area contributed by atoms with Crippen molar-refractivity contribution in [3.05, 3.63) is 0 Å². The fourth-order valence-electron chi connectivity index (χ4n) is 2.11. The number of nitrogens with zero attached hydrogens (tertiary/aromatic N) is 2. The summed E-state index contributed by atoms with van der Waals surface area (Å²) in [6.45, 7) is 9.85. The molecule has 1 fully saturated rings. The zero-order chi connectivity index (χ0) is 15.2. The van der Waals surface area contributed by atoms with Crippen molar-refractivity contribution in [2.45, 2.75) is 20.8 Å². The van der Waals surface area contributed by atoms with E-state index in [9.17, 15) is 9.59 Å². The van der Waals surface area contributed by atoms with Gasteiger partial charge in [-0.3, -0.25) is 9.59 Å². The van der Waals surface area contributed by atoms with Crippen LogP contribution in [-0.2, 0) is 14.3 Å². The monoisotopic (exact) mass is 285 g/mol. The van der Waals surface area contributed by atoms with Crippen molar-refractivity contribution in [1.82, 2.24) is 15.1 Å². The molecule has 1 saturated heterocycles. The Balaban J connectivity index is 2.31. The fraction of sp³-hybridized carbons (Fsp3) is 0.857. The largest absolute Gasteiger partial charge is 0.383 e. The van der Waals surface area contributed by atoms with E-state index in [0.29, 0.717) is 45.9 Å². The van der Waals surface area contributed by atoms with Crippen molar-refractivity contribution in [3.8, 4) is 0 Å².